The van der Waals surface area contributed by atoms with E-state index in [-0.39, 0.29) is 11.7 Å². The van der Waals surface area contributed by atoms with Crippen LogP contribution in [0.3, 0.4) is 0 Å². The zero-order chi connectivity index (χ0) is 17.6. The first-order valence-corrected chi connectivity index (χ1v) is 8.61. The molecule has 0 aliphatic heterocycles. The van der Waals surface area contributed by atoms with Crippen molar-refractivity contribution in [3.63, 3.8) is 0 Å². The van der Waals surface area contributed by atoms with Gasteiger partial charge < -0.3 is 9.84 Å². The molecule has 2 aromatic carbocycles. The average Bonchev–Trinajstić information content (AvgIpc) is 3.09. The first-order chi connectivity index (χ1) is 12.1. The number of aryl methyl sites for hydroxylation is 1. The molecule has 0 unspecified atom stereocenters. The minimum atomic E-state index is -0.305. The van der Waals surface area contributed by atoms with Crippen LogP contribution in [0, 0.1) is 5.82 Å². The maximum Gasteiger partial charge on any atom is 0.220 e. The van der Waals surface area contributed by atoms with Gasteiger partial charge in [0.2, 0.25) is 5.91 Å². The van der Waals surface area contributed by atoms with E-state index in [0.717, 1.165) is 21.2 Å². The summed E-state index contributed by atoms with van der Waals surface area (Å²) >= 11 is 3.38. The van der Waals surface area contributed by atoms with Gasteiger partial charge in [0.1, 0.15) is 17.8 Å². The van der Waals surface area contributed by atoms with Gasteiger partial charge in [0.15, 0.2) is 0 Å². The molecule has 1 aromatic heterocycles. The number of amides is 1. The molecule has 6 heteroatoms. The van der Waals surface area contributed by atoms with E-state index >= 15 is 0 Å². The lowest BCUT2D eigenvalue weighted by Gasteiger charge is -2.06. The van der Waals surface area contributed by atoms with Crippen molar-refractivity contribution in [2.45, 2.75) is 19.4 Å². The van der Waals surface area contributed by atoms with Gasteiger partial charge in [-0.2, -0.15) is 0 Å². The van der Waals surface area contributed by atoms with E-state index in [1.807, 2.05) is 24.3 Å². The Morgan fingerprint density at radius 2 is 1.84 bits per heavy atom. The molecule has 0 bridgehead atoms. The van der Waals surface area contributed by atoms with Crippen LogP contribution in [0.2, 0.25) is 0 Å². The van der Waals surface area contributed by atoms with Crippen LogP contribution in [0.25, 0.3) is 11.3 Å². The lowest BCUT2D eigenvalue weighted by molar-refractivity contribution is -0.121. The van der Waals surface area contributed by atoms with Crippen molar-refractivity contribution < 1.29 is 13.7 Å². The summed E-state index contributed by atoms with van der Waals surface area (Å²) in [5.41, 5.74) is 3.26. The van der Waals surface area contributed by atoms with Crippen molar-refractivity contribution in [2.75, 3.05) is 0 Å². The van der Waals surface area contributed by atoms with E-state index in [2.05, 4.69) is 26.4 Å². The second-order valence-corrected chi connectivity index (χ2v) is 6.51. The largest absolute Gasteiger partial charge is 0.364 e. The first kappa shape index (κ1) is 17.4. The highest BCUT2D eigenvalue weighted by molar-refractivity contribution is 9.10. The smallest absolute Gasteiger partial charge is 0.220 e. The Kier molecular flexibility index (Phi) is 5.60. The molecule has 4 nitrogen and oxygen atoms in total. The van der Waals surface area contributed by atoms with Gasteiger partial charge in [-0.15, -0.1) is 0 Å². The van der Waals surface area contributed by atoms with E-state index in [9.17, 15) is 9.18 Å². The fourth-order valence-electron chi connectivity index (χ4n) is 2.42. The Morgan fingerprint density at radius 1 is 1.12 bits per heavy atom. The van der Waals surface area contributed by atoms with Crippen LogP contribution in [0.4, 0.5) is 4.39 Å². The minimum absolute atomic E-state index is 0.0471. The van der Waals surface area contributed by atoms with Gasteiger partial charge in [0.25, 0.3) is 0 Å². The molecular formula is C19H16BrFN2O2. The molecular weight excluding hydrogens is 387 g/mol. The van der Waals surface area contributed by atoms with Crippen molar-refractivity contribution in [1.82, 2.24) is 10.5 Å². The summed E-state index contributed by atoms with van der Waals surface area (Å²) in [6.45, 7) is 0.487. The fraction of sp³-hybridized carbons (Fsp3) is 0.158. The standard InChI is InChI=1S/C19H16BrFN2O2/c20-16-6-1-13(2-7-16)11-22-18(24)10-5-15-12-25-23-19(15)14-3-8-17(21)9-4-14/h1-4,6-9,12H,5,10-11H2,(H,22,24). The van der Waals surface area contributed by atoms with Gasteiger partial charge in [-0.3, -0.25) is 4.79 Å². The molecule has 1 amide bonds. The highest BCUT2D eigenvalue weighted by Crippen LogP contribution is 2.23. The van der Waals surface area contributed by atoms with E-state index < -0.39 is 0 Å². The molecule has 0 spiro atoms. The Morgan fingerprint density at radius 3 is 2.56 bits per heavy atom. The summed E-state index contributed by atoms with van der Waals surface area (Å²) < 4.78 is 19.1. The number of nitrogens with zero attached hydrogens (tertiary/aromatic N) is 1. The third-order valence-electron chi connectivity index (χ3n) is 3.79. The van der Waals surface area contributed by atoms with Gasteiger partial charge in [-0.1, -0.05) is 33.2 Å². The second kappa shape index (κ2) is 8.07. The summed E-state index contributed by atoms with van der Waals surface area (Å²) in [6, 6.07) is 13.8. The lowest BCUT2D eigenvalue weighted by atomic mass is 10.0. The van der Waals surface area contributed by atoms with Crippen molar-refractivity contribution in [1.29, 1.82) is 0 Å². The Labute approximate surface area is 153 Å². The van der Waals surface area contributed by atoms with Gasteiger partial charge in [0.05, 0.1) is 0 Å². The molecule has 3 aromatic rings. The molecule has 0 atom stereocenters. The first-order valence-electron chi connectivity index (χ1n) is 7.82. The van der Waals surface area contributed by atoms with E-state index in [1.165, 1.54) is 18.4 Å². The predicted molar refractivity (Wildman–Crippen MR) is 96.2 cm³/mol. The Hall–Kier alpha value is -2.47. The highest BCUT2D eigenvalue weighted by Gasteiger charge is 2.12. The third-order valence-corrected chi connectivity index (χ3v) is 4.31. The number of hydrogen-bond donors (Lipinski definition) is 1. The van der Waals surface area contributed by atoms with Crippen LogP contribution in [0.15, 0.2) is 63.8 Å². The molecule has 1 heterocycles. The number of aromatic nitrogens is 1. The Bertz CT molecular complexity index is 845. The van der Waals surface area contributed by atoms with E-state index in [4.69, 9.17) is 4.52 Å². The summed E-state index contributed by atoms with van der Waals surface area (Å²) in [6.07, 6.45) is 2.36. The zero-order valence-corrected chi connectivity index (χ0v) is 14.9. The number of nitrogens with one attached hydrogen (secondary N) is 1. The van der Waals surface area contributed by atoms with Crippen LogP contribution in [0.5, 0.6) is 0 Å². The van der Waals surface area contributed by atoms with Gasteiger partial charge in [0, 0.05) is 28.6 Å². The summed E-state index contributed by atoms with van der Waals surface area (Å²) in [5.74, 6) is -0.352. The van der Waals surface area contributed by atoms with E-state index in [0.29, 0.717) is 25.1 Å². The molecule has 0 radical (unpaired) electrons. The van der Waals surface area contributed by atoms with Crippen LogP contribution < -0.4 is 5.32 Å². The van der Waals surface area contributed by atoms with Crippen molar-refractivity contribution in [3.05, 3.63) is 76.2 Å². The molecule has 0 saturated carbocycles. The molecule has 0 aliphatic rings. The minimum Gasteiger partial charge on any atom is -0.364 e. The van der Waals surface area contributed by atoms with Crippen molar-refractivity contribution in [3.8, 4) is 11.3 Å². The monoisotopic (exact) mass is 402 g/mol. The maximum atomic E-state index is 13.0. The molecule has 1 N–H and O–H groups in total. The number of carbonyl (C=O) groups excluding carboxylic acids is 1. The zero-order valence-electron chi connectivity index (χ0n) is 13.3. The number of halogens is 2. The molecule has 0 fully saturated rings. The predicted octanol–water partition coefficient (Wildman–Crippen LogP) is 4.49. The number of benzene rings is 2. The summed E-state index contributed by atoms with van der Waals surface area (Å²) in [7, 11) is 0. The quantitative estimate of drug-likeness (QED) is 0.660. The van der Waals surface area contributed by atoms with Crippen molar-refractivity contribution in [2.24, 2.45) is 0 Å². The SMILES string of the molecule is O=C(CCc1conc1-c1ccc(F)cc1)NCc1ccc(Br)cc1. The Balaban J connectivity index is 1.55. The summed E-state index contributed by atoms with van der Waals surface area (Å²) in [4.78, 5) is 12.0. The molecule has 128 valence electrons. The van der Waals surface area contributed by atoms with Gasteiger partial charge >= 0.3 is 0 Å². The van der Waals surface area contributed by atoms with Crippen LogP contribution in [-0.4, -0.2) is 11.1 Å². The second-order valence-electron chi connectivity index (χ2n) is 5.60. The molecule has 3 rings (SSSR count). The van der Waals surface area contributed by atoms with Gasteiger partial charge in [-0.05, 0) is 48.4 Å². The number of rotatable bonds is 6. The topological polar surface area (TPSA) is 55.1 Å². The van der Waals surface area contributed by atoms with Gasteiger partial charge in [-0.25, -0.2) is 4.39 Å². The van der Waals surface area contributed by atoms with Crippen LogP contribution >= 0.6 is 15.9 Å². The van der Waals surface area contributed by atoms with E-state index in [1.54, 1.807) is 12.1 Å². The maximum absolute atomic E-state index is 13.0. The third kappa shape index (κ3) is 4.76. The van der Waals surface area contributed by atoms with Crippen LogP contribution in [0.1, 0.15) is 17.5 Å². The molecule has 0 aliphatic carbocycles. The molecule has 25 heavy (non-hydrogen) atoms. The highest BCUT2D eigenvalue weighted by atomic mass is 79.9. The average molecular weight is 403 g/mol. The fourth-order valence-corrected chi connectivity index (χ4v) is 2.68. The summed E-state index contributed by atoms with van der Waals surface area (Å²) in [5, 5.41) is 6.85. The van der Waals surface area contributed by atoms with Crippen LogP contribution in [-0.2, 0) is 17.8 Å². The normalized spacial score (nSPS) is 10.6. The van der Waals surface area contributed by atoms with Crippen molar-refractivity contribution >= 4 is 21.8 Å². The molecule has 0 saturated heterocycles. The lowest BCUT2D eigenvalue weighted by Crippen LogP contribution is -2.22. The number of carbonyl (C=O) groups is 1. The number of hydrogen-bond acceptors (Lipinski definition) is 3.